The van der Waals surface area contributed by atoms with Gasteiger partial charge < -0.3 is 15.4 Å². The topological polar surface area (TPSA) is 84.5 Å². The van der Waals surface area contributed by atoms with Gasteiger partial charge in [-0.1, -0.05) is 36.4 Å². The van der Waals surface area contributed by atoms with Crippen LogP contribution in [0.5, 0.6) is 5.75 Å². The van der Waals surface area contributed by atoms with E-state index in [4.69, 9.17) is 4.74 Å². The molecule has 0 unspecified atom stereocenters. The molecule has 2 amide bonds. The minimum Gasteiger partial charge on any atom is -0.426 e. The van der Waals surface area contributed by atoms with Crippen molar-refractivity contribution in [3.05, 3.63) is 90.0 Å². The van der Waals surface area contributed by atoms with Gasteiger partial charge in [0.1, 0.15) is 5.75 Å². The van der Waals surface area contributed by atoms with E-state index in [1.807, 2.05) is 6.07 Å². The number of carbonyl (C=O) groups excluding carboxylic acids is 3. The highest BCUT2D eigenvalue weighted by atomic mass is 16.5. The molecule has 2 N–H and O–H groups in total. The number of amides is 2. The van der Waals surface area contributed by atoms with Crippen LogP contribution in [-0.2, 0) is 16.0 Å². The molecule has 0 saturated heterocycles. The van der Waals surface area contributed by atoms with Crippen molar-refractivity contribution >= 4 is 29.2 Å². The molecule has 0 aromatic heterocycles. The predicted octanol–water partition coefficient (Wildman–Crippen LogP) is 4.05. The molecule has 0 radical (unpaired) electrons. The summed E-state index contributed by atoms with van der Waals surface area (Å²) in [7, 11) is 0. The van der Waals surface area contributed by atoms with E-state index in [2.05, 4.69) is 10.6 Å². The molecule has 3 rings (SSSR count). The number of anilines is 2. The Balaban J connectivity index is 1.58. The molecule has 0 spiro atoms. The Labute approximate surface area is 168 Å². The molecule has 6 nitrogen and oxygen atoms in total. The molecular weight excluding hydrogens is 368 g/mol. The van der Waals surface area contributed by atoms with Crippen molar-refractivity contribution in [2.24, 2.45) is 0 Å². The minimum atomic E-state index is -0.427. The van der Waals surface area contributed by atoms with Gasteiger partial charge in [0.2, 0.25) is 5.91 Å². The number of rotatable bonds is 6. The van der Waals surface area contributed by atoms with Crippen LogP contribution < -0.4 is 15.4 Å². The Bertz CT molecular complexity index is 1010. The fourth-order valence-electron chi connectivity index (χ4n) is 2.67. The highest BCUT2D eigenvalue weighted by molar-refractivity contribution is 6.04. The quantitative estimate of drug-likeness (QED) is 0.493. The molecule has 0 aliphatic heterocycles. The van der Waals surface area contributed by atoms with Crippen LogP contribution in [0.3, 0.4) is 0 Å². The number of ether oxygens (including phenoxy) is 1. The Morgan fingerprint density at radius 3 is 2.21 bits per heavy atom. The lowest BCUT2D eigenvalue weighted by molar-refractivity contribution is -0.133. The highest BCUT2D eigenvalue weighted by Crippen LogP contribution is 2.19. The first kappa shape index (κ1) is 19.8. The SMILES string of the molecule is CC(=O)Nc1ccc(CC(=O)Oc2cccc(NC(=O)c3ccccc3)c2)cc1. The van der Waals surface area contributed by atoms with Crippen molar-refractivity contribution in [3.8, 4) is 5.75 Å². The molecule has 0 aliphatic rings. The van der Waals surface area contributed by atoms with Gasteiger partial charge in [0.05, 0.1) is 6.42 Å². The average molecular weight is 388 g/mol. The average Bonchev–Trinajstić information content (AvgIpc) is 2.70. The lowest BCUT2D eigenvalue weighted by atomic mass is 10.1. The van der Waals surface area contributed by atoms with Gasteiger partial charge in [0.25, 0.3) is 5.91 Å². The summed E-state index contributed by atoms with van der Waals surface area (Å²) in [6.07, 6.45) is 0.0843. The van der Waals surface area contributed by atoms with E-state index >= 15 is 0 Å². The van der Waals surface area contributed by atoms with E-state index in [9.17, 15) is 14.4 Å². The zero-order valence-electron chi connectivity index (χ0n) is 15.8. The lowest BCUT2D eigenvalue weighted by Gasteiger charge is -2.09. The van der Waals surface area contributed by atoms with Gasteiger partial charge in [0, 0.05) is 29.9 Å². The third-order valence-corrected chi connectivity index (χ3v) is 3.98. The summed E-state index contributed by atoms with van der Waals surface area (Å²) in [6, 6.07) is 22.5. The summed E-state index contributed by atoms with van der Waals surface area (Å²) < 4.78 is 5.38. The maximum Gasteiger partial charge on any atom is 0.315 e. The second-order valence-corrected chi connectivity index (χ2v) is 6.38. The molecular formula is C23H20N2O4. The largest absolute Gasteiger partial charge is 0.426 e. The number of nitrogens with one attached hydrogen (secondary N) is 2. The van der Waals surface area contributed by atoms with E-state index < -0.39 is 5.97 Å². The van der Waals surface area contributed by atoms with Crippen LogP contribution in [0.25, 0.3) is 0 Å². The third kappa shape index (κ3) is 6.04. The second kappa shape index (κ2) is 9.32. The van der Waals surface area contributed by atoms with Gasteiger partial charge in [-0.3, -0.25) is 14.4 Å². The van der Waals surface area contributed by atoms with Crippen LogP contribution >= 0.6 is 0 Å². The van der Waals surface area contributed by atoms with E-state index in [1.54, 1.807) is 72.8 Å². The first-order chi connectivity index (χ1) is 14.0. The summed E-state index contributed by atoms with van der Waals surface area (Å²) in [6.45, 7) is 1.43. The normalized spacial score (nSPS) is 10.1. The summed E-state index contributed by atoms with van der Waals surface area (Å²) in [5.74, 6) is -0.482. The minimum absolute atomic E-state index is 0.0843. The lowest BCUT2D eigenvalue weighted by Crippen LogP contribution is -2.13. The van der Waals surface area contributed by atoms with Gasteiger partial charge in [-0.05, 0) is 42.0 Å². The van der Waals surface area contributed by atoms with Crippen LogP contribution in [0.15, 0.2) is 78.9 Å². The van der Waals surface area contributed by atoms with Gasteiger partial charge in [-0.2, -0.15) is 0 Å². The summed E-state index contributed by atoms with van der Waals surface area (Å²) in [5, 5.41) is 5.45. The molecule has 146 valence electrons. The fraction of sp³-hybridized carbons (Fsp3) is 0.0870. The Hall–Kier alpha value is -3.93. The van der Waals surface area contributed by atoms with Crippen molar-refractivity contribution in [1.82, 2.24) is 0 Å². The van der Waals surface area contributed by atoms with Crippen molar-refractivity contribution in [1.29, 1.82) is 0 Å². The molecule has 0 fully saturated rings. The molecule has 3 aromatic rings. The predicted molar refractivity (Wildman–Crippen MR) is 111 cm³/mol. The molecule has 0 saturated carbocycles. The first-order valence-electron chi connectivity index (χ1n) is 9.03. The summed E-state index contributed by atoms with van der Waals surface area (Å²) in [4.78, 5) is 35.5. The molecule has 29 heavy (non-hydrogen) atoms. The third-order valence-electron chi connectivity index (χ3n) is 3.98. The molecule has 0 atom stereocenters. The van der Waals surface area contributed by atoms with E-state index in [-0.39, 0.29) is 18.2 Å². The van der Waals surface area contributed by atoms with Crippen molar-refractivity contribution in [2.75, 3.05) is 10.6 Å². The van der Waals surface area contributed by atoms with Crippen molar-refractivity contribution in [2.45, 2.75) is 13.3 Å². The maximum absolute atomic E-state index is 12.2. The van der Waals surface area contributed by atoms with E-state index in [0.717, 1.165) is 5.56 Å². The first-order valence-corrected chi connectivity index (χ1v) is 9.03. The Morgan fingerprint density at radius 2 is 1.52 bits per heavy atom. The molecule has 0 heterocycles. The number of esters is 1. The van der Waals surface area contributed by atoms with Crippen LogP contribution in [0.2, 0.25) is 0 Å². The van der Waals surface area contributed by atoms with E-state index in [1.165, 1.54) is 6.92 Å². The molecule has 0 aliphatic carbocycles. The number of benzene rings is 3. The highest BCUT2D eigenvalue weighted by Gasteiger charge is 2.09. The smallest absolute Gasteiger partial charge is 0.315 e. The Morgan fingerprint density at radius 1 is 0.793 bits per heavy atom. The maximum atomic E-state index is 12.2. The second-order valence-electron chi connectivity index (χ2n) is 6.38. The molecule has 6 heteroatoms. The van der Waals surface area contributed by atoms with Crippen LogP contribution in [0, 0.1) is 0 Å². The van der Waals surface area contributed by atoms with Crippen molar-refractivity contribution < 1.29 is 19.1 Å². The summed E-state index contributed by atoms with van der Waals surface area (Å²) in [5.41, 5.74) is 2.50. The zero-order valence-corrected chi connectivity index (χ0v) is 15.8. The summed E-state index contributed by atoms with van der Waals surface area (Å²) >= 11 is 0. The van der Waals surface area contributed by atoms with Crippen molar-refractivity contribution in [3.63, 3.8) is 0 Å². The van der Waals surface area contributed by atoms with E-state index in [0.29, 0.717) is 22.7 Å². The van der Waals surface area contributed by atoms with Crippen LogP contribution in [-0.4, -0.2) is 17.8 Å². The number of carbonyl (C=O) groups is 3. The molecule has 3 aromatic carbocycles. The fourth-order valence-corrected chi connectivity index (χ4v) is 2.67. The molecule has 0 bridgehead atoms. The number of hydrogen-bond acceptors (Lipinski definition) is 4. The van der Waals surface area contributed by atoms with Gasteiger partial charge >= 0.3 is 5.97 Å². The van der Waals surface area contributed by atoms with Crippen LogP contribution in [0.4, 0.5) is 11.4 Å². The van der Waals surface area contributed by atoms with Gasteiger partial charge in [-0.25, -0.2) is 0 Å². The number of hydrogen-bond donors (Lipinski definition) is 2. The zero-order chi connectivity index (χ0) is 20.6. The Kier molecular flexibility index (Phi) is 6.37. The standard InChI is InChI=1S/C23H20N2O4/c1-16(26)24-19-12-10-17(11-13-19)14-22(27)29-21-9-5-8-20(15-21)25-23(28)18-6-3-2-4-7-18/h2-13,15H,14H2,1H3,(H,24,26)(H,25,28). The van der Waals surface area contributed by atoms with Gasteiger partial charge in [0.15, 0.2) is 0 Å². The van der Waals surface area contributed by atoms with Crippen LogP contribution in [0.1, 0.15) is 22.8 Å². The monoisotopic (exact) mass is 388 g/mol. The van der Waals surface area contributed by atoms with Gasteiger partial charge in [-0.15, -0.1) is 0 Å².